The van der Waals surface area contributed by atoms with Gasteiger partial charge in [-0.1, -0.05) is 40.5 Å². The van der Waals surface area contributed by atoms with Crippen molar-refractivity contribution in [2.75, 3.05) is 6.54 Å². The molecule has 1 N–H and O–H groups in total. The topological polar surface area (TPSA) is 12.0 Å². The van der Waals surface area contributed by atoms with Gasteiger partial charge in [0, 0.05) is 6.04 Å². The summed E-state index contributed by atoms with van der Waals surface area (Å²) in [6.07, 6.45) is 8.78. The van der Waals surface area contributed by atoms with E-state index >= 15 is 0 Å². The molecule has 0 saturated heterocycles. The van der Waals surface area contributed by atoms with Gasteiger partial charge in [-0.25, -0.2) is 0 Å². The van der Waals surface area contributed by atoms with Crippen LogP contribution in [0.4, 0.5) is 0 Å². The average molecular weight is 237 g/mol. The van der Waals surface area contributed by atoms with Gasteiger partial charge in [0.05, 0.1) is 0 Å². The van der Waals surface area contributed by atoms with Crippen LogP contribution in [-0.2, 0) is 0 Å². The van der Waals surface area contributed by atoms with Crippen LogP contribution in [0.1, 0.15) is 66.2 Å². The number of rotatable bonds is 5. The Morgan fingerprint density at radius 3 is 2.18 bits per heavy atom. The van der Waals surface area contributed by atoms with Crippen molar-refractivity contribution in [3.63, 3.8) is 0 Å². The molecule has 0 aromatic rings. The van der Waals surface area contributed by atoms with E-state index in [1.807, 2.05) is 0 Å². The minimum atomic E-state index is 0.494. The Kier molecular flexibility index (Phi) is 4.18. The lowest BCUT2D eigenvalue weighted by atomic mass is 9.87. The van der Waals surface area contributed by atoms with Crippen LogP contribution >= 0.6 is 0 Å². The van der Waals surface area contributed by atoms with Gasteiger partial charge < -0.3 is 5.32 Å². The van der Waals surface area contributed by atoms with E-state index in [0.717, 1.165) is 30.3 Å². The third-order valence-electron chi connectivity index (χ3n) is 4.86. The van der Waals surface area contributed by atoms with Crippen LogP contribution in [0.2, 0.25) is 0 Å². The van der Waals surface area contributed by atoms with E-state index < -0.39 is 0 Å². The summed E-state index contributed by atoms with van der Waals surface area (Å²) in [6, 6.07) is 0.812. The first kappa shape index (κ1) is 13.4. The predicted molar refractivity (Wildman–Crippen MR) is 75.1 cm³/mol. The molecule has 3 unspecified atom stereocenters. The summed E-state index contributed by atoms with van der Waals surface area (Å²) < 4.78 is 0. The second-order valence-corrected chi connectivity index (χ2v) is 7.45. The zero-order valence-electron chi connectivity index (χ0n) is 12.3. The van der Waals surface area contributed by atoms with Crippen molar-refractivity contribution in [1.82, 2.24) is 5.32 Å². The van der Waals surface area contributed by atoms with Gasteiger partial charge in [0.1, 0.15) is 0 Å². The van der Waals surface area contributed by atoms with Crippen LogP contribution in [0.15, 0.2) is 0 Å². The van der Waals surface area contributed by atoms with Gasteiger partial charge in [-0.2, -0.15) is 0 Å². The highest BCUT2D eigenvalue weighted by Gasteiger charge is 2.53. The van der Waals surface area contributed by atoms with E-state index in [1.165, 1.54) is 38.5 Å². The molecule has 0 heterocycles. The van der Waals surface area contributed by atoms with Crippen LogP contribution in [0.5, 0.6) is 0 Å². The van der Waals surface area contributed by atoms with Crippen molar-refractivity contribution >= 4 is 0 Å². The Labute approximate surface area is 108 Å². The molecular weight excluding hydrogens is 206 g/mol. The van der Waals surface area contributed by atoms with Gasteiger partial charge in [-0.15, -0.1) is 0 Å². The van der Waals surface area contributed by atoms with E-state index in [9.17, 15) is 0 Å². The molecule has 17 heavy (non-hydrogen) atoms. The van der Waals surface area contributed by atoms with Crippen LogP contribution < -0.4 is 5.32 Å². The molecule has 0 aliphatic heterocycles. The van der Waals surface area contributed by atoms with Crippen molar-refractivity contribution in [2.45, 2.75) is 72.3 Å². The molecule has 1 heteroatoms. The van der Waals surface area contributed by atoms with Gasteiger partial charge in [-0.05, 0) is 55.4 Å². The molecule has 2 fully saturated rings. The lowest BCUT2D eigenvalue weighted by Crippen LogP contribution is -2.33. The van der Waals surface area contributed by atoms with Crippen molar-refractivity contribution in [1.29, 1.82) is 0 Å². The molecule has 0 aromatic carbocycles. The number of fused-ring (bicyclic) bond motifs is 1. The smallest absolute Gasteiger partial charge is 0.0101 e. The first-order chi connectivity index (χ1) is 8.03. The molecule has 0 amide bonds. The first-order valence-electron chi connectivity index (χ1n) is 7.76. The Morgan fingerprint density at radius 1 is 1.12 bits per heavy atom. The fourth-order valence-corrected chi connectivity index (χ4v) is 3.93. The van der Waals surface area contributed by atoms with Crippen LogP contribution in [0.25, 0.3) is 0 Å². The lowest BCUT2D eigenvalue weighted by molar-refractivity contribution is 0.309. The standard InChI is InChI=1S/C16H31N/c1-5-17-14(10-11-16(2,3)4)15-12-8-6-7-9-13(12)15/h12-15,17H,5-11H2,1-4H3. The Hall–Kier alpha value is -0.0400. The lowest BCUT2D eigenvalue weighted by Gasteiger charge is -2.24. The summed E-state index contributed by atoms with van der Waals surface area (Å²) in [6.45, 7) is 10.5. The van der Waals surface area contributed by atoms with E-state index in [0.29, 0.717) is 5.41 Å². The van der Waals surface area contributed by atoms with Crippen LogP contribution in [0.3, 0.4) is 0 Å². The Balaban J connectivity index is 1.85. The molecule has 2 aliphatic rings. The maximum absolute atomic E-state index is 3.77. The van der Waals surface area contributed by atoms with Crippen LogP contribution in [0, 0.1) is 23.2 Å². The third kappa shape index (κ3) is 3.47. The van der Waals surface area contributed by atoms with Gasteiger partial charge >= 0.3 is 0 Å². The summed E-state index contributed by atoms with van der Waals surface area (Å²) in [5, 5.41) is 3.77. The zero-order chi connectivity index (χ0) is 12.5. The highest BCUT2D eigenvalue weighted by molar-refractivity contribution is 5.04. The van der Waals surface area contributed by atoms with Crippen molar-refractivity contribution in [3.8, 4) is 0 Å². The summed E-state index contributed by atoms with van der Waals surface area (Å²) in [5.41, 5.74) is 0.494. The molecule has 1 nitrogen and oxygen atoms in total. The quantitative estimate of drug-likeness (QED) is 0.754. The largest absolute Gasteiger partial charge is 0.314 e. The Morgan fingerprint density at radius 2 is 1.71 bits per heavy atom. The summed E-state index contributed by atoms with van der Waals surface area (Å²) in [4.78, 5) is 0. The molecule has 2 saturated carbocycles. The second kappa shape index (κ2) is 5.30. The summed E-state index contributed by atoms with van der Waals surface area (Å²) in [7, 11) is 0. The van der Waals surface area contributed by atoms with E-state index in [2.05, 4.69) is 33.0 Å². The van der Waals surface area contributed by atoms with Crippen LogP contribution in [-0.4, -0.2) is 12.6 Å². The highest BCUT2D eigenvalue weighted by Crippen LogP contribution is 2.57. The Bertz CT molecular complexity index is 228. The molecule has 0 spiro atoms. The predicted octanol–water partition coefficient (Wildman–Crippen LogP) is 4.23. The maximum Gasteiger partial charge on any atom is 0.0101 e. The van der Waals surface area contributed by atoms with Gasteiger partial charge in [0.25, 0.3) is 0 Å². The molecular formula is C16H31N. The number of hydrogen-bond donors (Lipinski definition) is 1. The average Bonchev–Trinajstić information content (AvgIpc) is 2.97. The van der Waals surface area contributed by atoms with Crippen molar-refractivity contribution < 1.29 is 0 Å². The molecule has 3 atom stereocenters. The fraction of sp³-hybridized carbons (Fsp3) is 1.00. The maximum atomic E-state index is 3.77. The van der Waals surface area contributed by atoms with E-state index in [1.54, 1.807) is 0 Å². The number of hydrogen-bond acceptors (Lipinski definition) is 1. The normalized spacial score (nSPS) is 34.2. The number of nitrogens with one attached hydrogen (secondary N) is 1. The molecule has 0 bridgehead atoms. The SMILES string of the molecule is CCNC(CCC(C)(C)C)C1C2CCCCC21. The van der Waals surface area contributed by atoms with Gasteiger partial charge in [0.2, 0.25) is 0 Å². The fourth-order valence-electron chi connectivity index (χ4n) is 3.93. The summed E-state index contributed by atoms with van der Waals surface area (Å²) >= 11 is 0. The van der Waals surface area contributed by atoms with E-state index in [-0.39, 0.29) is 0 Å². The molecule has 2 rings (SSSR count). The minimum absolute atomic E-state index is 0.494. The molecule has 0 radical (unpaired) electrons. The molecule has 0 aromatic heterocycles. The molecule has 100 valence electrons. The second-order valence-electron chi connectivity index (χ2n) is 7.45. The van der Waals surface area contributed by atoms with E-state index in [4.69, 9.17) is 0 Å². The minimum Gasteiger partial charge on any atom is -0.314 e. The zero-order valence-corrected chi connectivity index (χ0v) is 12.3. The molecule has 2 aliphatic carbocycles. The van der Waals surface area contributed by atoms with Gasteiger partial charge in [0.15, 0.2) is 0 Å². The summed E-state index contributed by atoms with van der Waals surface area (Å²) in [5.74, 6) is 3.21. The van der Waals surface area contributed by atoms with Crippen molar-refractivity contribution in [2.24, 2.45) is 23.2 Å². The van der Waals surface area contributed by atoms with Crippen molar-refractivity contribution in [3.05, 3.63) is 0 Å². The first-order valence-corrected chi connectivity index (χ1v) is 7.76. The van der Waals surface area contributed by atoms with Gasteiger partial charge in [-0.3, -0.25) is 0 Å². The third-order valence-corrected chi connectivity index (χ3v) is 4.86. The highest BCUT2D eigenvalue weighted by atomic mass is 14.9. The monoisotopic (exact) mass is 237 g/mol.